The van der Waals surface area contributed by atoms with Gasteiger partial charge in [-0.05, 0) is 6.54 Å². The molecule has 120 valence electrons. The number of aromatic nitrogens is 2. The number of hydrogen-bond acceptors (Lipinski definition) is 4. The van der Waals surface area contributed by atoms with Crippen molar-refractivity contribution in [3.8, 4) is 11.4 Å². The maximum Gasteiger partial charge on any atom is 0.159 e. The maximum atomic E-state index is 5.90. The number of nitrogens with two attached hydrogens (primary N) is 1. The standard InChI is InChI=1S/C16H20N4.2ClH/c1-2-20-9-8-14-13(11-20)15(10-17)19-16(18-14)12-6-4-3-5-7-12;;/h3-7H,2,8-11,17H2,1H3;2*1H. The molecule has 0 atom stereocenters. The molecular formula is C16H22Cl2N4. The largest absolute Gasteiger partial charge is 0.325 e. The summed E-state index contributed by atoms with van der Waals surface area (Å²) in [5, 5.41) is 0. The molecule has 1 aliphatic rings. The summed E-state index contributed by atoms with van der Waals surface area (Å²) in [6, 6.07) is 10.1. The van der Waals surface area contributed by atoms with E-state index in [1.807, 2.05) is 30.3 Å². The Balaban J connectivity index is 0.00000121. The van der Waals surface area contributed by atoms with Gasteiger partial charge >= 0.3 is 0 Å². The average molecular weight is 341 g/mol. The van der Waals surface area contributed by atoms with Crippen LogP contribution in [0.15, 0.2) is 30.3 Å². The number of halogens is 2. The van der Waals surface area contributed by atoms with Crippen LogP contribution in [0.3, 0.4) is 0 Å². The van der Waals surface area contributed by atoms with Gasteiger partial charge in [0, 0.05) is 37.2 Å². The molecule has 0 fully saturated rings. The van der Waals surface area contributed by atoms with E-state index in [1.54, 1.807) is 0 Å². The van der Waals surface area contributed by atoms with Gasteiger partial charge in [0.15, 0.2) is 5.82 Å². The fraction of sp³-hybridized carbons (Fsp3) is 0.375. The SMILES string of the molecule is CCN1CCc2nc(-c3ccccc3)nc(CN)c2C1.Cl.Cl. The molecule has 1 aromatic carbocycles. The third-order valence-corrected chi connectivity index (χ3v) is 3.90. The van der Waals surface area contributed by atoms with Gasteiger partial charge in [-0.1, -0.05) is 37.3 Å². The van der Waals surface area contributed by atoms with Crippen molar-refractivity contribution in [3.63, 3.8) is 0 Å². The van der Waals surface area contributed by atoms with Gasteiger partial charge in [-0.3, -0.25) is 4.90 Å². The highest BCUT2D eigenvalue weighted by atomic mass is 35.5. The van der Waals surface area contributed by atoms with Crippen molar-refractivity contribution in [3.05, 3.63) is 47.3 Å². The lowest BCUT2D eigenvalue weighted by Crippen LogP contribution is -2.32. The molecule has 6 heteroatoms. The average Bonchev–Trinajstić information content (AvgIpc) is 2.54. The summed E-state index contributed by atoms with van der Waals surface area (Å²) in [7, 11) is 0. The van der Waals surface area contributed by atoms with Crippen molar-refractivity contribution in [2.24, 2.45) is 5.73 Å². The highest BCUT2D eigenvalue weighted by Crippen LogP contribution is 2.23. The molecule has 2 aromatic rings. The van der Waals surface area contributed by atoms with Gasteiger partial charge in [0.05, 0.1) is 11.4 Å². The quantitative estimate of drug-likeness (QED) is 0.933. The van der Waals surface area contributed by atoms with Gasteiger partial charge in [-0.25, -0.2) is 9.97 Å². The number of hydrogen-bond donors (Lipinski definition) is 1. The summed E-state index contributed by atoms with van der Waals surface area (Å²) >= 11 is 0. The third kappa shape index (κ3) is 3.76. The topological polar surface area (TPSA) is 55.0 Å². The summed E-state index contributed by atoms with van der Waals surface area (Å²) in [5.74, 6) is 0.801. The predicted octanol–water partition coefficient (Wildman–Crippen LogP) is 2.82. The highest BCUT2D eigenvalue weighted by molar-refractivity contribution is 5.85. The van der Waals surface area contributed by atoms with Gasteiger partial charge in [-0.15, -0.1) is 24.8 Å². The molecule has 1 aromatic heterocycles. The Bertz CT molecular complexity index is 587. The first-order chi connectivity index (χ1) is 9.81. The number of rotatable bonds is 3. The van der Waals surface area contributed by atoms with Crippen LogP contribution in [0.2, 0.25) is 0 Å². The molecule has 2 N–H and O–H groups in total. The minimum absolute atomic E-state index is 0. The van der Waals surface area contributed by atoms with Crippen molar-refractivity contribution in [2.45, 2.75) is 26.4 Å². The molecule has 0 saturated heterocycles. The molecule has 22 heavy (non-hydrogen) atoms. The van der Waals surface area contributed by atoms with Gasteiger partial charge in [0.2, 0.25) is 0 Å². The van der Waals surface area contributed by atoms with Gasteiger partial charge in [-0.2, -0.15) is 0 Å². The molecule has 0 bridgehead atoms. The first-order valence-electron chi connectivity index (χ1n) is 7.18. The second-order valence-corrected chi connectivity index (χ2v) is 5.11. The van der Waals surface area contributed by atoms with Gasteiger partial charge in [0.25, 0.3) is 0 Å². The molecule has 0 saturated carbocycles. The van der Waals surface area contributed by atoms with Crippen LogP contribution in [0.4, 0.5) is 0 Å². The van der Waals surface area contributed by atoms with E-state index in [4.69, 9.17) is 10.7 Å². The smallest absolute Gasteiger partial charge is 0.159 e. The number of likely N-dealkylation sites (N-methyl/N-ethyl adjacent to an activating group) is 1. The molecular weight excluding hydrogens is 319 g/mol. The zero-order chi connectivity index (χ0) is 13.9. The summed E-state index contributed by atoms with van der Waals surface area (Å²) in [6.45, 7) is 5.71. The monoisotopic (exact) mass is 340 g/mol. The van der Waals surface area contributed by atoms with Crippen LogP contribution >= 0.6 is 24.8 Å². The minimum atomic E-state index is 0. The molecule has 0 spiro atoms. The fourth-order valence-corrected chi connectivity index (χ4v) is 2.69. The van der Waals surface area contributed by atoms with Crippen LogP contribution in [0.1, 0.15) is 23.9 Å². The number of nitrogens with zero attached hydrogens (tertiary/aromatic N) is 3. The van der Waals surface area contributed by atoms with Crippen molar-refractivity contribution >= 4 is 24.8 Å². The Morgan fingerprint density at radius 2 is 1.86 bits per heavy atom. The molecule has 0 unspecified atom stereocenters. The van der Waals surface area contributed by atoms with Gasteiger partial charge < -0.3 is 5.73 Å². The molecule has 1 aliphatic heterocycles. The Labute approximate surface area is 144 Å². The van der Waals surface area contributed by atoms with Crippen molar-refractivity contribution in [1.82, 2.24) is 14.9 Å². The van der Waals surface area contributed by atoms with E-state index in [0.29, 0.717) is 6.54 Å². The van der Waals surface area contributed by atoms with Crippen molar-refractivity contribution in [1.29, 1.82) is 0 Å². The fourth-order valence-electron chi connectivity index (χ4n) is 2.69. The van der Waals surface area contributed by atoms with Crippen LogP contribution in [-0.4, -0.2) is 28.0 Å². The lowest BCUT2D eigenvalue weighted by molar-refractivity contribution is 0.264. The molecule has 0 radical (unpaired) electrons. The lowest BCUT2D eigenvalue weighted by atomic mass is 10.0. The Hall–Kier alpha value is -1.20. The maximum absolute atomic E-state index is 5.90. The molecule has 0 aliphatic carbocycles. The van der Waals surface area contributed by atoms with Crippen LogP contribution < -0.4 is 5.73 Å². The van der Waals surface area contributed by atoms with Crippen molar-refractivity contribution < 1.29 is 0 Å². The summed E-state index contributed by atoms with van der Waals surface area (Å²) in [6.07, 6.45) is 0.985. The Kier molecular flexibility index (Phi) is 7.23. The summed E-state index contributed by atoms with van der Waals surface area (Å²) < 4.78 is 0. The normalized spacial score (nSPS) is 13.7. The van der Waals surface area contributed by atoms with Gasteiger partial charge in [0.1, 0.15) is 0 Å². The van der Waals surface area contributed by atoms with E-state index >= 15 is 0 Å². The second-order valence-electron chi connectivity index (χ2n) is 5.11. The first kappa shape index (κ1) is 18.8. The van der Waals surface area contributed by atoms with E-state index in [0.717, 1.165) is 43.1 Å². The first-order valence-corrected chi connectivity index (χ1v) is 7.18. The predicted molar refractivity (Wildman–Crippen MR) is 94.5 cm³/mol. The van der Waals surface area contributed by atoms with E-state index in [2.05, 4.69) is 16.8 Å². The zero-order valence-corrected chi connectivity index (χ0v) is 14.3. The molecule has 3 rings (SSSR count). The summed E-state index contributed by atoms with van der Waals surface area (Å²) in [4.78, 5) is 11.9. The van der Waals surface area contributed by atoms with Crippen LogP contribution in [0.5, 0.6) is 0 Å². The Morgan fingerprint density at radius 1 is 1.14 bits per heavy atom. The molecule has 2 heterocycles. The Morgan fingerprint density at radius 3 is 2.50 bits per heavy atom. The van der Waals surface area contributed by atoms with Crippen LogP contribution in [-0.2, 0) is 19.5 Å². The molecule has 0 amide bonds. The highest BCUT2D eigenvalue weighted by Gasteiger charge is 2.21. The molecule has 4 nitrogen and oxygen atoms in total. The van der Waals surface area contributed by atoms with E-state index < -0.39 is 0 Å². The lowest BCUT2D eigenvalue weighted by Gasteiger charge is -2.28. The zero-order valence-electron chi connectivity index (χ0n) is 12.7. The summed E-state index contributed by atoms with van der Waals surface area (Å²) in [5.41, 5.74) is 10.4. The number of benzene rings is 1. The van der Waals surface area contributed by atoms with Crippen LogP contribution in [0.25, 0.3) is 11.4 Å². The van der Waals surface area contributed by atoms with E-state index in [-0.39, 0.29) is 24.8 Å². The third-order valence-electron chi connectivity index (χ3n) is 3.90. The minimum Gasteiger partial charge on any atom is -0.325 e. The second kappa shape index (κ2) is 8.44. The van der Waals surface area contributed by atoms with Crippen molar-refractivity contribution in [2.75, 3.05) is 13.1 Å². The van der Waals surface area contributed by atoms with E-state index in [9.17, 15) is 0 Å². The van der Waals surface area contributed by atoms with E-state index in [1.165, 1.54) is 11.3 Å². The van der Waals surface area contributed by atoms with Crippen LogP contribution in [0, 0.1) is 0 Å². The number of fused-ring (bicyclic) bond motifs is 1.